The molecule has 0 fully saturated rings. The maximum absolute atomic E-state index is 3.61. The van der Waals surface area contributed by atoms with E-state index in [1.165, 1.54) is 42.1 Å². The fourth-order valence-electron chi connectivity index (χ4n) is 2.04. The second-order valence-electron chi connectivity index (χ2n) is 4.54. The highest BCUT2D eigenvalue weighted by atomic mass is 79.9. The summed E-state index contributed by atoms with van der Waals surface area (Å²) in [7, 11) is 0. The van der Waals surface area contributed by atoms with Crippen LogP contribution in [0.4, 0.5) is 0 Å². The molecule has 0 aliphatic carbocycles. The Morgan fingerprint density at radius 3 is 2.65 bits per heavy atom. The van der Waals surface area contributed by atoms with Crippen molar-refractivity contribution in [2.45, 2.75) is 52.0 Å². The number of benzene rings is 1. The Balaban J connectivity index is 2.28. The first kappa shape index (κ1) is 14.7. The molecule has 0 saturated heterocycles. The SMILES string of the molecule is CCCNC(CC)CCCc1ccccc1Br. The van der Waals surface area contributed by atoms with Crippen molar-refractivity contribution in [3.63, 3.8) is 0 Å². The van der Waals surface area contributed by atoms with Gasteiger partial charge in [0.05, 0.1) is 0 Å². The molecule has 1 aromatic rings. The average Bonchev–Trinajstić information content (AvgIpc) is 2.35. The Bertz CT molecular complexity index is 312. The predicted octanol–water partition coefficient (Wildman–Crippen LogP) is 4.55. The van der Waals surface area contributed by atoms with Gasteiger partial charge in [0.1, 0.15) is 0 Å². The second-order valence-corrected chi connectivity index (χ2v) is 5.40. The molecule has 0 aliphatic heterocycles. The number of halogens is 1. The molecule has 0 saturated carbocycles. The van der Waals surface area contributed by atoms with E-state index >= 15 is 0 Å². The van der Waals surface area contributed by atoms with Crippen molar-refractivity contribution in [1.82, 2.24) is 5.32 Å². The number of hydrogen-bond acceptors (Lipinski definition) is 1. The highest BCUT2D eigenvalue weighted by Gasteiger charge is 2.05. The number of rotatable bonds is 8. The van der Waals surface area contributed by atoms with Gasteiger partial charge in [-0.15, -0.1) is 0 Å². The Morgan fingerprint density at radius 2 is 2.00 bits per heavy atom. The fraction of sp³-hybridized carbons (Fsp3) is 0.600. The summed E-state index contributed by atoms with van der Waals surface area (Å²) in [6.45, 7) is 5.64. The smallest absolute Gasteiger partial charge is 0.0207 e. The molecule has 1 unspecified atom stereocenters. The van der Waals surface area contributed by atoms with Gasteiger partial charge in [-0.2, -0.15) is 0 Å². The van der Waals surface area contributed by atoms with Crippen molar-refractivity contribution < 1.29 is 0 Å². The van der Waals surface area contributed by atoms with Crippen LogP contribution in [0.15, 0.2) is 28.7 Å². The highest BCUT2D eigenvalue weighted by Crippen LogP contribution is 2.18. The zero-order valence-corrected chi connectivity index (χ0v) is 12.6. The van der Waals surface area contributed by atoms with E-state index in [4.69, 9.17) is 0 Å². The van der Waals surface area contributed by atoms with E-state index in [1.54, 1.807) is 0 Å². The van der Waals surface area contributed by atoms with Crippen molar-refractivity contribution in [3.05, 3.63) is 34.3 Å². The fourth-order valence-corrected chi connectivity index (χ4v) is 2.52. The first-order valence-electron chi connectivity index (χ1n) is 6.74. The van der Waals surface area contributed by atoms with Crippen molar-refractivity contribution in [1.29, 1.82) is 0 Å². The summed E-state index contributed by atoms with van der Waals surface area (Å²) in [5.41, 5.74) is 1.43. The van der Waals surface area contributed by atoms with Crippen LogP contribution in [0.5, 0.6) is 0 Å². The Hall–Kier alpha value is -0.340. The minimum absolute atomic E-state index is 0.692. The molecule has 0 bridgehead atoms. The molecular formula is C15H24BrN. The Kier molecular flexibility index (Phi) is 7.54. The van der Waals surface area contributed by atoms with Crippen LogP contribution in [-0.2, 0) is 6.42 Å². The summed E-state index contributed by atoms with van der Waals surface area (Å²) in [5, 5.41) is 3.61. The number of aryl methyl sites for hydroxylation is 1. The van der Waals surface area contributed by atoms with E-state index in [0.717, 1.165) is 6.54 Å². The molecule has 17 heavy (non-hydrogen) atoms. The van der Waals surface area contributed by atoms with Crippen LogP contribution in [0.3, 0.4) is 0 Å². The van der Waals surface area contributed by atoms with E-state index in [-0.39, 0.29) is 0 Å². The summed E-state index contributed by atoms with van der Waals surface area (Å²) in [4.78, 5) is 0. The monoisotopic (exact) mass is 297 g/mol. The summed E-state index contributed by atoms with van der Waals surface area (Å²) < 4.78 is 1.24. The molecule has 1 aromatic carbocycles. The molecule has 1 N–H and O–H groups in total. The van der Waals surface area contributed by atoms with Crippen molar-refractivity contribution in [3.8, 4) is 0 Å². The van der Waals surface area contributed by atoms with Gasteiger partial charge in [-0.1, -0.05) is 48.0 Å². The van der Waals surface area contributed by atoms with Gasteiger partial charge in [0.25, 0.3) is 0 Å². The molecule has 1 atom stereocenters. The maximum Gasteiger partial charge on any atom is 0.0207 e. The van der Waals surface area contributed by atoms with E-state index in [9.17, 15) is 0 Å². The predicted molar refractivity (Wildman–Crippen MR) is 79.5 cm³/mol. The molecule has 96 valence electrons. The van der Waals surface area contributed by atoms with E-state index in [0.29, 0.717) is 6.04 Å². The van der Waals surface area contributed by atoms with Crippen molar-refractivity contribution >= 4 is 15.9 Å². The van der Waals surface area contributed by atoms with E-state index < -0.39 is 0 Å². The molecule has 1 nitrogen and oxygen atoms in total. The molecule has 0 spiro atoms. The third-order valence-electron chi connectivity index (χ3n) is 3.13. The third kappa shape index (κ3) is 5.69. The zero-order chi connectivity index (χ0) is 12.5. The summed E-state index contributed by atoms with van der Waals surface area (Å²) in [6, 6.07) is 9.22. The van der Waals surface area contributed by atoms with Crippen LogP contribution in [0, 0.1) is 0 Å². The summed E-state index contributed by atoms with van der Waals surface area (Å²) in [6.07, 6.45) is 6.16. The molecule has 0 radical (unpaired) electrons. The first-order valence-corrected chi connectivity index (χ1v) is 7.54. The Labute approximate surface area is 114 Å². The Morgan fingerprint density at radius 1 is 1.24 bits per heavy atom. The normalized spacial score (nSPS) is 12.6. The molecule has 2 heteroatoms. The zero-order valence-electron chi connectivity index (χ0n) is 11.0. The van der Waals surface area contributed by atoms with Crippen LogP contribution in [0.1, 0.15) is 45.1 Å². The third-order valence-corrected chi connectivity index (χ3v) is 3.91. The molecule has 0 aromatic heterocycles. The molecule has 1 rings (SSSR count). The first-order chi connectivity index (χ1) is 8.27. The molecule has 0 heterocycles. The second kappa shape index (κ2) is 8.71. The highest BCUT2D eigenvalue weighted by molar-refractivity contribution is 9.10. The van der Waals surface area contributed by atoms with Crippen LogP contribution < -0.4 is 5.32 Å². The van der Waals surface area contributed by atoms with Gasteiger partial charge in [0.15, 0.2) is 0 Å². The summed E-state index contributed by atoms with van der Waals surface area (Å²) in [5.74, 6) is 0. The largest absolute Gasteiger partial charge is 0.314 e. The van der Waals surface area contributed by atoms with Gasteiger partial charge in [0.2, 0.25) is 0 Å². The quantitative estimate of drug-likeness (QED) is 0.742. The van der Waals surface area contributed by atoms with Crippen molar-refractivity contribution in [2.75, 3.05) is 6.54 Å². The standard InChI is InChI=1S/C15H24BrN/c1-3-12-17-14(4-2)10-7-9-13-8-5-6-11-15(13)16/h5-6,8,11,14,17H,3-4,7,9-10,12H2,1-2H3. The van der Waals surface area contributed by atoms with Crippen LogP contribution in [0.2, 0.25) is 0 Å². The lowest BCUT2D eigenvalue weighted by Gasteiger charge is -2.16. The lowest BCUT2D eigenvalue weighted by molar-refractivity contribution is 0.456. The minimum Gasteiger partial charge on any atom is -0.314 e. The number of nitrogens with one attached hydrogen (secondary N) is 1. The number of hydrogen-bond donors (Lipinski definition) is 1. The molecular weight excluding hydrogens is 274 g/mol. The van der Waals surface area contributed by atoms with Gasteiger partial charge in [-0.3, -0.25) is 0 Å². The van der Waals surface area contributed by atoms with Gasteiger partial charge in [0, 0.05) is 10.5 Å². The lowest BCUT2D eigenvalue weighted by atomic mass is 10.0. The van der Waals surface area contributed by atoms with Gasteiger partial charge in [-0.05, 0) is 50.3 Å². The van der Waals surface area contributed by atoms with E-state index in [1.807, 2.05) is 0 Å². The van der Waals surface area contributed by atoms with Crippen LogP contribution in [0.25, 0.3) is 0 Å². The van der Waals surface area contributed by atoms with Crippen LogP contribution >= 0.6 is 15.9 Å². The van der Waals surface area contributed by atoms with Gasteiger partial charge >= 0.3 is 0 Å². The van der Waals surface area contributed by atoms with Crippen LogP contribution in [-0.4, -0.2) is 12.6 Å². The molecule has 0 amide bonds. The van der Waals surface area contributed by atoms with Crippen molar-refractivity contribution in [2.24, 2.45) is 0 Å². The van der Waals surface area contributed by atoms with E-state index in [2.05, 4.69) is 59.4 Å². The minimum atomic E-state index is 0.692. The molecule has 0 aliphatic rings. The summed E-state index contributed by atoms with van der Waals surface area (Å²) >= 11 is 3.61. The maximum atomic E-state index is 3.61. The topological polar surface area (TPSA) is 12.0 Å². The average molecular weight is 298 g/mol. The lowest BCUT2D eigenvalue weighted by Crippen LogP contribution is -2.29. The van der Waals surface area contributed by atoms with Gasteiger partial charge in [-0.25, -0.2) is 0 Å². The van der Waals surface area contributed by atoms with Gasteiger partial charge < -0.3 is 5.32 Å².